The second-order valence-electron chi connectivity index (χ2n) is 8.65. The van der Waals surface area contributed by atoms with E-state index in [4.69, 9.17) is 4.74 Å². The lowest BCUT2D eigenvalue weighted by Crippen LogP contribution is -2.50. The van der Waals surface area contributed by atoms with Crippen LogP contribution in [0.15, 0.2) is 36.5 Å². The molecule has 7 heteroatoms. The third-order valence-electron chi connectivity index (χ3n) is 5.94. The van der Waals surface area contributed by atoms with Crippen LogP contribution in [0, 0.1) is 17.2 Å². The molecule has 1 aromatic heterocycles. The van der Waals surface area contributed by atoms with Crippen LogP contribution in [0.2, 0.25) is 0 Å². The predicted molar refractivity (Wildman–Crippen MR) is 123 cm³/mol. The number of rotatable bonds is 7. The lowest BCUT2D eigenvalue weighted by molar-refractivity contribution is 0.0331. The van der Waals surface area contributed by atoms with Crippen molar-refractivity contribution in [2.75, 3.05) is 33.3 Å². The van der Waals surface area contributed by atoms with E-state index < -0.39 is 0 Å². The first-order chi connectivity index (χ1) is 15.4. The predicted octanol–water partition coefficient (Wildman–Crippen LogP) is 3.18. The first-order valence-corrected chi connectivity index (χ1v) is 11.2. The van der Waals surface area contributed by atoms with Gasteiger partial charge in [0.25, 0.3) is 5.91 Å². The van der Waals surface area contributed by atoms with E-state index in [0.29, 0.717) is 23.6 Å². The van der Waals surface area contributed by atoms with Gasteiger partial charge >= 0.3 is 0 Å². The third-order valence-corrected chi connectivity index (χ3v) is 5.94. The average molecular weight is 437 g/mol. The summed E-state index contributed by atoms with van der Waals surface area (Å²) in [6.07, 6.45) is 2.58. The van der Waals surface area contributed by atoms with Crippen molar-refractivity contribution in [3.05, 3.63) is 47.7 Å². The summed E-state index contributed by atoms with van der Waals surface area (Å²) < 4.78 is 6.32. The Balaban J connectivity index is 2.04. The fourth-order valence-corrected chi connectivity index (χ4v) is 4.03. The van der Waals surface area contributed by atoms with Gasteiger partial charge in [0.1, 0.15) is 11.7 Å². The van der Waals surface area contributed by atoms with Crippen molar-refractivity contribution in [3.8, 4) is 23.1 Å². The molecule has 1 amide bonds. The Morgan fingerprint density at radius 1 is 1.38 bits per heavy atom. The van der Waals surface area contributed by atoms with Gasteiger partial charge in [0.05, 0.1) is 24.3 Å². The highest BCUT2D eigenvalue weighted by atomic mass is 16.5. The van der Waals surface area contributed by atoms with Gasteiger partial charge in [0.15, 0.2) is 0 Å². The fraction of sp³-hybridized carbons (Fsp3) is 0.480. The van der Waals surface area contributed by atoms with Crippen molar-refractivity contribution in [1.29, 1.82) is 5.26 Å². The van der Waals surface area contributed by atoms with Crippen LogP contribution in [-0.4, -0.2) is 71.2 Å². The summed E-state index contributed by atoms with van der Waals surface area (Å²) in [5.74, 6) is 0.167. The molecule has 0 unspecified atom stereocenters. The number of aromatic nitrogens is 1. The second kappa shape index (κ2) is 10.6. The number of hydrogen-bond donors (Lipinski definition) is 1. The SMILES string of the molecule is CCCN(C)C[C@@H]1Oc2ncc(-c3cccc(C#N)c3)cc2C(=O)N([C@@H](C)CO)C[C@@H]1C. The average Bonchev–Trinajstić information content (AvgIpc) is 2.80. The maximum atomic E-state index is 13.5. The Labute approximate surface area is 190 Å². The maximum absolute atomic E-state index is 13.5. The first-order valence-electron chi connectivity index (χ1n) is 11.2. The monoisotopic (exact) mass is 436 g/mol. The van der Waals surface area contributed by atoms with Crippen molar-refractivity contribution in [2.45, 2.75) is 39.3 Å². The number of hydrogen-bond acceptors (Lipinski definition) is 6. The molecule has 0 bridgehead atoms. The molecule has 2 aromatic rings. The zero-order chi connectivity index (χ0) is 23.3. The van der Waals surface area contributed by atoms with Gasteiger partial charge in [-0.3, -0.25) is 4.79 Å². The molecule has 0 radical (unpaired) electrons. The molecule has 0 aliphatic carbocycles. The Bertz CT molecular complexity index is 987. The normalized spacial score (nSPS) is 19.5. The van der Waals surface area contributed by atoms with E-state index in [1.807, 2.05) is 19.1 Å². The number of pyridine rings is 1. The summed E-state index contributed by atoms with van der Waals surface area (Å²) in [6, 6.07) is 10.8. The van der Waals surface area contributed by atoms with Gasteiger partial charge in [0, 0.05) is 30.8 Å². The topological polar surface area (TPSA) is 89.7 Å². The van der Waals surface area contributed by atoms with Crippen LogP contribution in [-0.2, 0) is 0 Å². The third kappa shape index (κ3) is 5.26. The zero-order valence-electron chi connectivity index (χ0n) is 19.3. The lowest BCUT2D eigenvalue weighted by Gasteiger charge is -2.37. The molecular weight excluding hydrogens is 404 g/mol. The van der Waals surface area contributed by atoms with Crippen LogP contribution in [0.5, 0.6) is 5.88 Å². The number of carbonyl (C=O) groups is 1. The van der Waals surface area contributed by atoms with Crippen LogP contribution in [0.1, 0.15) is 43.1 Å². The molecule has 0 spiro atoms. The molecule has 3 rings (SSSR count). The standard InChI is InChI=1S/C25H32N4O3/c1-5-9-28(4)15-23-17(2)14-29(18(3)16-30)25(31)22-11-21(13-27-24(22)32-23)20-8-6-7-19(10-20)12-26/h6-8,10-11,13,17-18,23,30H,5,9,14-16H2,1-4H3/t17-,18-,23-/m0/s1. The van der Waals surface area contributed by atoms with Crippen molar-refractivity contribution in [2.24, 2.45) is 5.92 Å². The Kier molecular flexibility index (Phi) is 7.84. The summed E-state index contributed by atoms with van der Waals surface area (Å²) >= 11 is 0. The molecule has 1 aliphatic heterocycles. The summed E-state index contributed by atoms with van der Waals surface area (Å²) in [7, 11) is 2.07. The molecule has 2 heterocycles. The number of benzene rings is 1. The van der Waals surface area contributed by atoms with E-state index in [1.165, 1.54) is 0 Å². The van der Waals surface area contributed by atoms with E-state index >= 15 is 0 Å². The smallest absolute Gasteiger partial charge is 0.259 e. The minimum Gasteiger partial charge on any atom is -0.472 e. The van der Waals surface area contributed by atoms with Crippen molar-refractivity contribution < 1.29 is 14.6 Å². The molecule has 1 N–H and O–H groups in total. The van der Waals surface area contributed by atoms with Gasteiger partial charge in [-0.05, 0) is 50.7 Å². The summed E-state index contributed by atoms with van der Waals surface area (Å²) in [6.45, 7) is 8.10. The van der Waals surface area contributed by atoms with Gasteiger partial charge in [-0.2, -0.15) is 5.26 Å². The molecular formula is C25H32N4O3. The molecule has 3 atom stereocenters. The number of aliphatic hydroxyl groups is 1. The molecule has 1 aromatic carbocycles. The van der Waals surface area contributed by atoms with E-state index in [2.05, 4.69) is 36.8 Å². The molecule has 7 nitrogen and oxygen atoms in total. The molecule has 170 valence electrons. The van der Waals surface area contributed by atoms with Gasteiger partial charge in [-0.25, -0.2) is 4.98 Å². The van der Waals surface area contributed by atoms with Crippen LogP contribution in [0.3, 0.4) is 0 Å². The number of ether oxygens (including phenoxy) is 1. The zero-order valence-corrected chi connectivity index (χ0v) is 19.3. The highest BCUT2D eigenvalue weighted by Gasteiger charge is 2.34. The summed E-state index contributed by atoms with van der Waals surface area (Å²) in [5.41, 5.74) is 2.46. The number of nitriles is 1. The van der Waals surface area contributed by atoms with E-state index in [9.17, 15) is 15.2 Å². The fourth-order valence-electron chi connectivity index (χ4n) is 4.03. The van der Waals surface area contributed by atoms with Crippen LogP contribution in [0.25, 0.3) is 11.1 Å². The van der Waals surface area contributed by atoms with Crippen molar-refractivity contribution in [3.63, 3.8) is 0 Å². The minimum absolute atomic E-state index is 0.0641. The Hall–Kier alpha value is -2.95. The lowest BCUT2D eigenvalue weighted by atomic mass is 9.98. The maximum Gasteiger partial charge on any atom is 0.259 e. The number of fused-ring (bicyclic) bond motifs is 1. The van der Waals surface area contributed by atoms with Crippen molar-refractivity contribution in [1.82, 2.24) is 14.8 Å². The number of amides is 1. The van der Waals surface area contributed by atoms with Gasteiger partial charge in [-0.15, -0.1) is 0 Å². The quantitative estimate of drug-likeness (QED) is 0.717. The molecule has 1 aliphatic rings. The van der Waals surface area contributed by atoms with Crippen molar-refractivity contribution >= 4 is 5.91 Å². The highest BCUT2D eigenvalue weighted by molar-refractivity contribution is 5.98. The van der Waals surface area contributed by atoms with E-state index in [-0.39, 0.29) is 30.6 Å². The largest absolute Gasteiger partial charge is 0.472 e. The van der Waals surface area contributed by atoms with E-state index in [0.717, 1.165) is 30.6 Å². The van der Waals surface area contributed by atoms with Crippen LogP contribution < -0.4 is 4.74 Å². The Morgan fingerprint density at radius 2 is 2.16 bits per heavy atom. The molecule has 32 heavy (non-hydrogen) atoms. The van der Waals surface area contributed by atoms with Crippen LogP contribution in [0.4, 0.5) is 0 Å². The van der Waals surface area contributed by atoms with Gasteiger partial charge in [0.2, 0.25) is 5.88 Å². The summed E-state index contributed by atoms with van der Waals surface area (Å²) in [5, 5.41) is 19.0. The van der Waals surface area contributed by atoms with Crippen LogP contribution >= 0.6 is 0 Å². The van der Waals surface area contributed by atoms with Gasteiger partial charge in [-0.1, -0.05) is 26.0 Å². The number of aliphatic hydroxyl groups excluding tert-OH is 1. The second-order valence-corrected chi connectivity index (χ2v) is 8.65. The number of carbonyl (C=O) groups excluding carboxylic acids is 1. The van der Waals surface area contributed by atoms with E-state index in [1.54, 1.807) is 29.3 Å². The molecule has 0 saturated heterocycles. The first kappa shape index (κ1) is 23.7. The summed E-state index contributed by atoms with van der Waals surface area (Å²) in [4.78, 5) is 22.0. The number of likely N-dealkylation sites (N-methyl/N-ethyl adjacent to an activating group) is 1. The Morgan fingerprint density at radius 3 is 2.84 bits per heavy atom. The minimum atomic E-state index is -0.324. The molecule has 0 fully saturated rings. The molecule has 0 saturated carbocycles. The highest BCUT2D eigenvalue weighted by Crippen LogP contribution is 2.30. The van der Waals surface area contributed by atoms with Gasteiger partial charge < -0.3 is 19.6 Å². The number of nitrogens with zero attached hydrogens (tertiary/aromatic N) is 4.